The van der Waals surface area contributed by atoms with E-state index in [1.807, 2.05) is 0 Å². The number of carbonyl (C=O) groups is 3. The van der Waals surface area contributed by atoms with E-state index in [4.69, 9.17) is 21.1 Å². The van der Waals surface area contributed by atoms with Crippen LogP contribution in [0.1, 0.15) is 31.2 Å². The standard InChI is InChI=1S/C22H19ClN4O5/c1-24-22(30)18-12-16(8-9-25-18)32-15-5-3-4-13(10-15)20(28)26-27-21(29)17-11-14(23)6-7-19(17)31-2/h3-12H,1-2H3,(H,24,30)(H,26,28)(H,27,29). The second-order valence-electron chi connectivity index (χ2n) is 6.34. The van der Waals surface area contributed by atoms with Crippen LogP contribution < -0.4 is 25.6 Å². The molecule has 32 heavy (non-hydrogen) atoms. The SMILES string of the molecule is CNC(=O)c1cc(Oc2cccc(C(=O)NNC(=O)c3cc(Cl)ccc3OC)c2)ccn1. The number of carbonyl (C=O) groups excluding carboxylic acids is 3. The summed E-state index contributed by atoms with van der Waals surface area (Å²) in [6, 6.07) is 13.9. The average molecular weight is 455 g/mol. The van der Waals surface area contributed by atoms with E-state index < -0.39 is 11.8 Å². The van der Waals surface area contributed by atoms with Crippen LogP contribution in [0.4, 0.5) is 0 Å². The third kappa shape index (κ3) is 5.52. The minimum Gasteiger partial charge on any atom is -0.496 e. The molecular weight excluding hydrogens is 436 g/mol. The van der Waals surface area contributed by atoms with Gasteiger partial charge in [0, 0.05) is 29.9 Å². The number of hydrogen-bond donors (Lipinski definition) is 3. The average Bonchev–Trinajstić information content (AvgIpc) is 2.82. The van der Waals surface area contributed by atoms with Crippen LogP contribution in [-0.2, 0) is 0 Å². The summed E-state index contributed by atoms with van der Waals surface area (Å²) in [6.07, 6.45) is 1.44. The summed E-state index contributed by atoms with van der Waals surface area (Å²) in [7, 11) is 2.92. The molecule has 0 radical (unpaired) electrons. The lowest BCUT2D eigenvalue weighted by atomic mass is 10.2. The van der Waals surface area contributed by atoms with E-state index in [0.717, 1.165) is 0 Å². The largest absolute Gasteiger partial charge is 0.496 e. The Labute approximate surface area is 188 Å². The first-order valence-electron chi connectivity index (χ1n) is 9.31. The molecule has 0 unspecified atom stereocenters. The van der Waals surface area contributed by atoms with E-state index in [1.54, 1.807) is 36.4 Å². The molecule has 0 aliphatic rings. The number of nitrogens with one attached hydrogen (secondary N) is 3. The lowest BCUT2D eigenvalue weighted by Crippen LogP contribution is -2.41. The maximum atomic E-state index is 12.5. The molecule has 10 heteroatoms. The fourth-order valence-electron chi connectivity index (χ4n) is 2.67. The zero-order valence-corrected chi connectivity index (χ0v) is 17.9. The van der Waals surface area contributed by atoms with Crippen molar-refractivity contribution in [3.05, 3.63) is 82.6 Å². The van der Waals surface area contributed by atoms with Gasteiger partial charge in [-0.25, -0.2) is 0 Å². The van der Waals surface area contributed by atoms with Gasteiger partial charge in [0.2, 0.25) is 0 Å². The second-order valence-corrected chi connectivity index (χ2v) is 6.78. The Bertz CT molecular complexity index is 1170. The predicted octanol–water partition coefficient (Wildman–Crippen LogP) is 2.97. The minimum atomic E-state index is -0.594. The molecule has 9 nitrogen and oxygen atoms in total. The van der Waals surface area contributed by atoms with E-state index >= 15 is 0 Å². The molecule has 0 saturated carbocycles. The lowest BCUT2D eigenvalue weighted by Gasteiger charge is -2.11. The van der Waals surface area contributed by atoms with Gasteiger partial charge in [0.05, 0.1) is 12.7 Å². The fraction of sp³-hybridized carbons (Fsp3) is 0.0909. The summed E-state index contributed by atoms with van der Waals surface area (Å²) in [4.78, 5) is 40.6. The number of halogens is 1. The van der Waals surface area contributed by atoms with Crippen LogP contribution >= 0.6 is 11.6 Å². The van der Waals surface area contributed by atoms with E-state index in [1.165, 1.54) is 38.6 Å². The van der Waals surface area contributed by atoms with E-state index in [-0.39, 0.29) is 22.7 Å². The maximum absolute atomic E-state index is 12.5. The highest BCUT2D eigenvalue weighted by Crippen LogP contribution is 2.23. The molecule has 2 aromatic carbocycles. The summed E-state index contributed by atoms with van der Waals surface area (Å²) < 4.78 is 10.9. The van der Waals surface area contributed by atoms with E-state index in [2.05, 4.69) is 21.2 Å². The molecule has 3 rings (SSSR count). The molecule has 0 aliphatic carbocycles. The summed E-state index contributed by atoms with van der Waals surface area (Å²) in [5.74, 6) is -0.470. The summed E-state index contributed by atoms with van der Waals surface area (Å²) in [6.45, 7) is 0. The van der Waals surface area contributed by atoms with Crippen molar-refractivity contribution in [1.82, 2.24) is 21.2 Å². The summed E-state index contributed by atoms with van der Waals surface area (Å²) >= 11 is 5.93. The highest BCUT2D eigenvalue weighted by atomic mass is 35.5. The van der Waals surface area contributed by atoms with Crippen molar-refractivity contribution in [3.63, 3.8) is 0 Å². The number of ether oxygens (including phenoxy) is 2. The molecule has 0 fully saturated rings. The van der Waals surface area contributed by atoms with Gasteiger partial charge in [-0.1, -0.05) is 17.7 Å². The Balaban J connectivity index is 1.68. The molecule has 0 saturated heterocycles. The number of methoxy groups -OCH3 is 1. The van der Waals surface area contributed by atoms with Gasteiger partial charge in [0.1, 0.15) is 22.9 Å². The van der Waals surface area contributed by atoms with Crippen LogP contribution in [0.25, 0.3) is 0 Å². The normalized spacial score (nSPS) is 10.1. The zero-order valence-electron chi connectivity index (χ0n) is 17.1. The number of hydrazine groups is 1. The third-order valence-electron chi connectivity index (χ3n) is 4.22. The molecule has 3 amide bonds. The molecule has 0 bridgehead atoms. The zero-order chi connectivity index (χ0) is 23.1. The molecule has 0 atom stereocenters. The molecule has 1 heterocycles. The second kappa shape index (κ2) is 10.3. The number of amides is 3. The van der Waals surface area contributed by atoms with Gasteiger partial charge in [-0.15, -0.1) is 0 Å². The molecule has 3 N–H and O–H groups in total. The number of pyridine rings is 1. The number of benzene rings is 2. The van der Waals surface area contributed by atoms with Crippen molar-refractivity contribution in [3.8, 4) is 17.2 Å². The van der Waals surface area contributed by atoms with Crippen molar-refractivity contribution in [1.29, 1.82) is 0 Å². The quantitative estimate of drug-likeness (QED) is 0.493. The minimum absolute atomic E-state index is 0.169. The van der Waals surface area contributed by atoms with Crippen LogP contribution in [0, 0.1) is 0 Å². The monoisotopic (exact) mass is 454 g/mol. The van der Waals surface area contributed by atoms with Crippen molar-refractivity contribution in [2.75, 3.05) is 14.2 Å². The van der Waals surface area contributed by atoms with Crippen LogP contribution in [0.5, 0.6) is 17.2 Å². The Kier molecular flexibility index (Phi) is 7.25. The van der Waals surface area contributed by atoms with Gasteiger partial charge in [0.25, 0.3) is 17.7 Å². The maximum Gasteiger partial charge on any atom is 0.273 e. The molecular formula is C22H19ClN4O5. The van der Waals surface area contributed by atoms with E-state index in [0.29, 0.717) is 22.3 Å². The molecule has 0 spiro atoms. The number of rotatable bonds is 6. The van der Waals surface area contributed by atoms with E-state index in [9.17, 15) is 14.4 Å². The topological polar surface area (TPSA) is 119 Å². The fourth-order valence-corrected chi connectivity index (χ4v) is 2.85. The van der Waals surface area contributed by atoms with Crippen molar-refractivity contribution < 1.29 is 23.9 Å². The smallest absolute Gasteiger partial charge is 0.273 e. The highest BCUT2D eigenvalue weighted by Gasteiger charge is 2.15. The van der Waals surface area contributed by atoms with Gasteiger partial charge in [0.15, 0.2) is 0 Å². The van der Waals surface area contributed by atoms with Gasteiger partial charge in [-0.05, 0) is 42.5 Å². The third-order valence-corrected chi connectivity index (χ3v) is 4.45. The Morgan fingerprint density at radius 3 is 2.41 bits per heavy atom. The Morgan fingerprint density at radius 1 is 0.906 bits per heavy atom. The molecule has 0 aliphatic heterocycles. The number of nitrogens with zero attached hydrogens (tertiary/aromatic N) is 1. The van der Waals surface area contributed by atoms with Gasteiger partial charge < -0.3 is 14.8 Å². The predicted molar refractivity (Wildman–Crippen MR) is 117 cm³/mol. The molecule has 164 valence electrons. The Morgan fingerprint density at radius 2 is 1.66 bits per heavy atom. The van der Waals surface area contributed by atoms with Crippen molar-refractivity contribution in [2.24, 2.45) is 0 Å². The van der Waals surface area contributed by atoms with Crippen molar-refractivity contribution >= 4 is 29.3 Å². The summed E-state index contributed by atoms with van der Waals surface area (Å²) in [5, 5.41) is 2.83. The van der Waals surface area contributed by atoms with Crippen LogP contribution in [-0.4, -0.2) is 36.9 Å². The number of aromatic nitrogens is 1. The highest BCUT2D eigenvalue weighted by molar-refractivity contribution is 6.31. The molecule has 1 aromatic heterocycles. The Hall–Kier alpha value is -4.11. The molecule has 3 aromatic rings. The lowest BCUT2D eigenvalue weighted by molar-refractivity contribution is 0.0845. The number of hydrogen-bond acceptors (Lipinski definition) is 6. The van der Waals surface area contributed by atoms with Crippen LogP contribution in [0.3, 0.4) is 0 Å². The first-order chi connectivity index (χ1) is 15.4. The summed E-state index contributed by atoms with van der Waals surface area (Å²) in [5.41, 5.74) is 5.26. The van der Waals surface area contributed by atoms with Gasteiger partial charge in [-0.2, -0.15) is 0 Å². The van der Waals surface area contributed by atoms with Gasteiger partial charge >= 0.3 is 0 Å². The van der Waals surface area contributed by atoms with Crippen molar-refractivity contribution in [2.45, 2.75) is 0 Å². The van der Waals surface area contributed by atoms with Gasteiger partial charge in [-0.3, -0.25) is 30.2 Å². The first-order valence-corrected chi connectivity index (χ1v) is 9.69. The van der Waals surface area contributed by atoms with Crippen LogP contribution in [0.15, 0.2) is 60.8 Å². The van der Waals surface area contributed by atoms with Crippen LogP contribution in [0.2, 0.25) is 5.02 Å². The first kappa shape index (κ1) is 22.6.